The van der Waals surface area contributed by atoms with Crippen LogP contribution in [0, 0.1) is 5.82 Å². The van der Waals surface area contributed by atoms with Crippen molar-refractivity contribution in [2.75, 3.05) is 32.1 Å². The van der Waals surface area contributed by atoms with E-state index < -0.39 is 0 Å². The first-order valence-electron chi connectivity index (χ1n) is 10.1. The van der Waals surface area contributed by atoms with E-state index in [0.29, 0.717) is 31.9 Å². The highest BCUT2D eigenvalue weighted by Crippen LogP contribution is 2.37. The molecule has 2 aromatic rings. The molecule has 1 N–H and O–H groups in total. The van der Waals surface area contributed by atoms with Gasteiger partial charge in [-0.2, -0.15) is 5.10 Å². The maximum Gasteiger partial charge on any atom is 0.346 e. The minimum atomic E-state index is -0.344. The summed E-state index contributed by atoms with van der Waals surface area (Å²) in [7, 11) is 1.60. The molecule has 1 aliphatic carbocycles. The van der Waals surface area contributed by atoms with Gasteiger partial charge in [0.25, 0.3) is 0 Å². The van der Waals surface area contributed by atoms with Crippen LogP contribution in [0.2, 0.25) is 0 Å². The Kier molecular flexibility index (Phi) is 5.66. The number of halogens is 1. The fourth-order valence-corrected chi connectivity index (χ4v) is 3.82. The average molecular weight is 403 g/mol. The van der Waals surface area contributed by atoms with Crippen molar-refractivity contribution in [1.82, 2.24) is 19.2 Å². The van der Waals surface area contributed by atoms with E-state index in [2.05, 4.69) is 10.4 Å². The van der Waals surface area contributed by atoms with Crippen molar-refractivity contribution in [3.05, 3.63) is 46.4 Å². The summed E-state index contributed by atoms with van der Waals surface area (Å²) in [5.41, 5.74) is 0.463. The molecule has 1 aromatic heterocycles. The molecule has 0 spiro atoms. The van der Waals surface area contributed by atoms with Gasteiger partial charge >= 0.3 is 11.7 Å². The molecule has 1 atom stereocenters. The molecule has 156 valence electrons. The van der Waals surface area contributed by atoms with Crippen LogP contribution in [0.5, 0.6) is 0 Å². The molecule has 1 aliphatic heterocycles. The number of likely N-dealkylation sites (tertiary alicyclic amines) is 1. The quantitative estimate of drug-likeness (QED) is 0.804. The van der Waals surface area contributed by atoms with Gasteiger partial charge in [0.05, 0.1) is 13.2 Å². The molecular weight excluding hydrogens is 377 g/mol. The van der Waals surface area contributed by atoms with Crippen LogP contribution in [0.3, 0.4) is 0 Å². The first-order chi connectivity index (χ1) is 14.1. The summed E-state index contributed by atoms with van der Waals surface area (Å²) in [4.78, 5) is 27.2. The van der Waals surface area contributed by atoms with Crippen LogP contribution in [0.25, 0.3) is 0 Å². The Morgan fingerprint density at radius 2 is 2.03 bits per heavy atom. The third-order valence-corrected chi connectivity index (χ3v) is 5.49. The predicted octanol–water partition coefficient (Wildman–Crippen LogP) is 2.58. The molecule has 9 heteroatoms. The van der Waals surface area contributed by atoms with Gasteiger partial charge in [0, 0.05) is 37.8 Å². The number of nitrogens with one attached hydrogen (secondary N) is 1. The van der Waals surface area contributed by atoms with Crippen LogP contribution in [0.4, 0.5) is 14.9 Å². The Labute approximate surface area is 168 Å². The van der Waals surface area contributed by atoms with E-state index in [-0.39, 0.29) is 29.5 Å². The molecule has 1 saturated carbocycles. The molecule has 2 fully saturated rings. The molecule has 2 aliphatic rings. The molecule has 29 heavy (non-hydrogen) atoms. The first-order valence-corrected chi connectivity index (χ1v) is 10.1. The second-order valence-corrected chi connectivity index (χ2v) is 7.68. The summed E-state index contributed by atoms with van der Waals surface area (Å²) in [6.07, 6.45) is 3.70. The molecule has 1 unspecified atom stereocenters. The third kappa shape index (κ3) is 4.34. The van der Waals surface area contributed by atoms with Crippen molar-refractivity contribution in [3.63, 3.8) is 0 Å². The van der Waals surface area contributed by atoms with E-state index in [1.165, 1.54) is 28.9 Å². The maximum absolute atomic E-state index is 13.1. The fraction of sp³-hybridized carbons (Fsp3) is 0.550. The fourth-order valence-electron chi connectivity index (χ4n) is 3.82. The number of amides is 2. The third-order valence-electron chi connectivity index (χ3n) is 5.49. The van der Waals surface area contributed by atoms with Crippen molar-refractivity contribution in [3.8, 4) is 0 Å². The van der Waals surface area contributed by atoms with E-state index >= 15 is 0 Å². The van der Waals surface area contributed by atoms with Crippen molar-refractivity contribution < 1.29 is 13.9 Å². The molecule has 8 nitrogen and oxygen atoms in total. The van der Waals surface area contributed by atoms with Gasteiger partial charge in [0.2, 0.25) is 0 Å². The molecule has 2 heterocycles. The summed E-state index contributed by atoms with van der Waals surface area (Å²) in [5.74, 6) is 0.441. The zero-order valence-electron chi connectivity index (χ0n) is 16.5. The lowest BCUT2D eigenvalue weighted by molar-refractivity contribution is 0.181. The Hall–Kier alpha value is -2.68. The zero-order valence-corrected chi connectivity index (χ0v) is 16.5. The van der Waals surface area contributed by atoms with Gasteiger partial charge in [-0.05, 0) is 49.9 Å². The number of methoxy groups -OCH3 is 1. The molecule has 1 aromatic carbocycles. The molecule has 1 saturated heterocycles. The number of nitrogens with zero attached hydrogens (tertiary/aromatic N) is 4. The summed E-state index contributed by atoms with van der Waals surface area (Å²) >= 11 is 0. The minimum Gasteiger partial charge on any atom is -0.383 e. The number of rotatable bonds is 6. The standard InChI is InChI=1S/C20H26FN5O3/c1-29-12-11-25-20(28)26(17-8-9-17)18(23-25)14-3-2-10-24(13-14)19(27)22-16-6-4-15(21)5-7-16/h4-7,14,17H,2-3,8-13H2,1H3,(H,22,27). The van der Waals surface area contributed by atoms with Gasteiger partial charge < -0.3 is 15.0 Å². The molecule has 0 bridgehead atoms. The van der Waals surface area contributed by atoms with Crippen molar-refractivity contribution in [1.29, 1.82) is 0 Å². The number of aromatic nitrogens is 3. The number of benzene rings is 1. The highest BCUT2D eigenvalue weighted by atomic mass is 19.1. The Morgan fingerprint density at radius 3 is 2.72 bits per heavy atom. The highest BCUT2D eigenvalue weighted by molar-refractivity contribution is 5.89. The van der Waals surface area contributed by atoms with Crippen LogP contribution in [0.15, 0.2) is 29.1 Å². The summed E-state index contributed by atoms with van der Waals surface area (Å²) in [6.45, 7) is 1.99. The molecule has 4 rings (SSSR count). The topological polar surface area (TPSA) is 81.4 Å². The van der Waals surface area contributed by atoms with Gasteiger partial charge in [0.1, 0.15) is 11.6 Å². The van der Waals surface area contributed by atoms with Crippen molar-refractivity contribution in [2.24, 2.45) is 0 Å². The van der Waals surface area contributed by atoms with Gasteiger partial charge in [0.15, 0.2) is 0 Å². The number of anilines is 1. The Morgan fingerprint density at radius 1 is 1.28 bits per heavy atom. The lowest BCUT2D eigenvalue weighted by Gasteiger charge is -2.32. The van der Waals surface area contributed by atoms with Gasteiger partial charge in [-0.1, -0.05) is 0 Å². The average Bonchev–Trinajstić information content (AvgIpc) is 3.51. The van der Waals surface area contributed by atoms with Crippen LogP contribution in [-0.4, -0.2) is 52.1 Å². The normalized spacial score (nSPS) is 19.4. The van der Waals surface area contributed by atoms with E-state index in [1.807, 2.05) is 4.57 Å². The summed E-state index contributed by atoms with van der Waals surface area (Å²) in [5, 5.41) is 7.42. The van der Waals surface area contributed by atoms with Crippen LogP contribution < -0.4 is 11.0 Å². The van der Waals surface area contributed by atoms with Crippen LogP contribution in [-0.2, 0) is 11.3 Å². The van der Waals surface area contributed by atoms with Gasteiger partial charge in [-0.25, -0.2) is 18.7 Å². The predicted molar refractivity (Wildman–Crippen MR) is 106 cm³/mol. The molecule has 0 radical (unpaired) electrons. The minimum absolute atomic E-state index is 0.0137. The number of carbonyl (C=O) groups excluding carboxylic acids is 1. The van der Waals surface area contributed by atoms with Crippen molar-refractivity contribution >= 4 is 11.7 Å². The number of ether oxygens (including phenoxy) is 1. The van der Waals surface area contributed by atoms with E-state index in [4.69, 9.17) is 4.74 Å². The smallest absolute Gasteiger partial charge is 0.346 e. The van der Waals surface area contributed by atoms with E-state index in [0.717, 1.165) is 31.5 Å². The van der Waals surface area contributed by atoms with Gasteiger partial charge in [-0.15, -0.1) is 0 Å². The van der Waals surface area contributed by atoms with E-state index in [9.17, 15) is 14.0 Å². The number of urea groups is 1. The lowest BCUT2D eigenvalue weighted by atomic mass is 9.97. The number of hydrogen-bond donors (Lipinski definition) is 1. The van der Waals surface area contributed by atoms with E-state index in [1.54, 1.807) is 12.0 Å². The SMILES string of the molecule is COCCn1nc(C2CCCN(C(=O)Nc3ccc(F)cc3)C2)n(C2CC2)c1=O. The lowest BCUT2D eigenvalue weighted by Crippen LogP contribution is -2.42. The Bertz CT molecular complexity index is 919. The number of hydrogen-bond acceptors (Lipinski definition) is 4. The zero-order chi connectivity index (χ0) is 20.4. The summed E-state index contributed by atoms with van der Waals surface area (Å²) < 4.78 is 21.5. The van der Waals surface area contributed by atoms with Crippen LogP contribution >= 0.6 is 0 Å². The monoisotopic (exact) mass is 403 g/mol. The number of piperidine rings is 1. The van der Waals surface area contributed by atoms with Crippen LogP contribution in [0.1, 0.15) is 43.5 Å². The first kappa shape index (κ1) is 19.6. The van der Waals surface area contributed by atoms with Crippen molar-refractivity contribution in [2.45, 2.75) is 44.2 Å². The molecule has 2 amide bonds. The largest absolute Gasteiger partial charge is 0.383 e. The second-order valence-electron chi connectivity index (χ2n) is 7.68. The summed E-state index contributed by atoms with van der Waals surface area (Å²) in [6, 6.07) is 5.71. The highest BCUT2D eigenvalue weighted by Gasteiger charge is 2.35. The van der Waals surface area contributed by atoms with Gasteiger partial charge in [-0.3, -0.25) is 4.57 Å². The number of carbonyl (C=O) groups is 1. The maximum atomic E-state index is 13.1. The second kappa shape index (κ2) is 8.36. The Balaban J connectivity index is 1.50. The molecular formula is C20H26FN5O3.